The van der Waals surface area contributed by atoms with E-state index in [-0.39, 0.29) is 11.4 Å². The average Bonchev–Trinajstić information content (AvgIpc) is 2.30. The lowest BCUT2D eigenvalue weighted by Gasteiger charge is -2.04. The van der Waals surface area contributed by atoms with E-state index >= 15 is 0 Å². The molecule has 0 spiro atoms. The summed E-state index contributed by atoms with van der Waals surface area (Å²) in [5, 5.41) is 9.61. The van der Waals surface area contributed by atoms with Gasteiger partial charge in [-0.1, -0.05) is 6.92 Å². The van der Waals surface area contributed by atoms with E-state index in [4.69, 9.17) is 0 Å². The molecule has 2 N–H and O–H groups in total. The minimum absolute atomic E-state index is 0.180. The molecule has 5 nitrogen and oxygen atoms in total. The van der Waals surface area contributed by atoms with Crippen LogP contribution in [-0.4, -0.2) is 20.1 Å². The summed E-state index contributed by atoms with van der Waals surface area (Å²) in [6, 6.07) is 3.68. The number of aromatic nitrogens is 3. The first kappa shape index (κ1) is 11.3. The van der Waals surface area contributed by atoms with Crippen LogP contribution in [0.1, 0.15) is 23.9 Å². The Bertz CT molecular complexity index is 564. The van der Waals surface area contributed by atoms with Crippen LogP contribution in [0.4, 0.5) is 0 Å². The van der Waals surface area contributed by atoms with Crippen molar-refractivity contribution < 1.29 is 5.11 Å². The lowest BCUT2D eigenvalue weighted by molar-refractivity contribution is 0.440. The molecule has 2 rings (SSSR count). The summed E-state index contributed by atoms with van der Waals surface area (Å²) in [5.74, 6) is 0.274. The van der Waals surface area contributed by atoms with Crippen molar-refractivity contribution in [2.24, 2.45) is 0 Å². The highest BCUT2D eigenvalue weighted by Gasteiger charge is 2.08. The van der Waals surface area contributed by atoms with E-state index in [9.17, 15) is 9.90 Å². The normalized spacial score (nSPS) is 10.4. The van der Waals surface area contributed by atoms with Crippen molar-refractivity contribution in [1.82, 2.24) is 15.0 Å². The molecule has 0 saturated heterocycles. The number of aromatic hydroxyl groups is 1. The van der Waals surface area contributed by atoms with Gasteiger partial charge in [-0.15, -0.1) is 0 Å². The Hall–Kier alpha value is -2.17. The molecule has 0 radical (unpaired) electrons. The third-order valence-corrected chi connectivity index (χ3v) is 2.52. The molecule has 0 atom stereocenters. The van der Waals surface area contributed by atoms with Gasteiger partial charge in [-0.25, -0.2) is 0 Å². The number of aromatic amines is 1. The van der Waals surface area contributed by atoms with Crippen LogP contribution in [0, 0.1) is 0 Å². The SMILES string of the molecule is CCc1c(O)nc(Cc2ccncc2)[nH]c1=O. The van der Waals surface area contributed by atoms with Gasteiger partial charge in [0, 0.05) is 18.8 Å². The largest absolute Gasteiger partial charge is 0.493 e. The number of hydrogen-bond donors (Lipinski definition) is 2. The molecule has 88 valence electrons. The van der Waals surface area contributed by atoms with Gasteiger partial charge >= 0.3 is 0 Å². The maximum Gasteiger partial charge on any atom is 0.257 e. The Labute approximate surface area is 98.2 Å². The van der Waals surface area contributed by atoms with Crippen molar-refractivity contribution in [3.63, 3.8) is 0 Å². The van der Waals surface area contributed by atoms with Crippen LogP contribution in [-0.2, 0) is 12.8 Å². The van der Waals surface area contributed by atoms with Crippen molar-refractivity contribution in [3.05, 3.63) is 51.8 Å². The number of rotatable bonds is 3. The van der Waals surface area contributed by atoms with Crippen LogP contribution in [0.5, 0.6) is 5.88 Å². The van der Waals surface area contributed by atoms with E-state index < -0.39 is 0 Å². The lowest BCUT2D eigenvalue weighted by Crippen LogP contribution is -2.16. The van der Waals surface area contributed by atoms with Crippen molar-refractivity contribution >= 4 is 0 Å². The van der Waals surface area contributed by atoms with Crippen molar-refractivity contribution in [2.75, 3.05) is 0 Å². The number of H-pyrrole nitrogens is 1. The van der Waals surface area contributed by atoms with Crippen molar-refractivity contribution in [1.29, 1.82) is 0 Å². The highest BCUT2D eigenvalue weighted by Crippen LogP contribution is 2.10. The summed E-state index contributed by atoms with van der Waals surface area (Å²) < 4.78 is 0. The fourth-order valence-electron chi connectivity index (χ4n) is 1.63. The second kappa shape index (κ2) is 4.78. The topological polar surface area (TPSA) is 78.9 Å². The van der Waals surface area contributed by atoms with Gasteiger partial charge in [-0.2, -0.15) is 4.98 Å². The Morgan fingerprint density at radius 3 is 2.65 bits per heavy atom. The number of nitrogens with one attached hydrogen (secondary N) is 1. The van der Waals surface area contributed by atoms with E-state index in [0.29, 0.717) is 24.2 Å². The Kier molecular flexibility index (Phi) is 3.18. The molecule has 2 aromatic heterocycles. The summed E-state index contributed by atoms with van der Waals surface area (Å²) in [7, 11) is 0. The predicted molar refractivity (Wildman–Crippen MR) is 62.9 cm³/mol. The number of hydrogen-bond acceptors (Lipinski definition) is 4. The zero-order valence-corrected chi connectivity index (χ0v) is 9.47. The second-order valence-electron chi connectivity index (χ2n) is 3.70. The predicted octanol–water partition coefficient (Wildman–Crippen LogP) is 1.02. The van der Waals surface area contributed by atoms with Gasteiger partial charge in [0.2, 0.25) is 5.88 Å². The first-order valence-corrected chi connectivity index (χ1v) is 5.40. The summed E-state index contributed by atoms with van der Waals surface area (Å²) in [6.07, 6.45) is 4.28. The van der Waals surface area contributed by atoms with E-state index in [2.05, 4.69) is 15.0 Å². The zero-order chi connectivity index (χ0) is 12.3. The second-order valence-corrected chi connectivity index (χ2v) is 3.70. The number of pyridine rings is 1. The monoisotopic (exact) mass is 231 g/mol. The first-order valence-electron chi connectivity index (χ1n) is 5.40. The van der Waals surface area contributed by atoms with E-state index in [1.165, 1.54) is 0 Å². The molecule has 5 heteroatoms. The zero-order valence-electron chi connectivity index (χ0n) is 9.47. The van der Waals surface area contributed by atoms with Crippen LogP contribution >= 0.6 is 0 Å². The summed E-state index contributed by atoms with van der Waals surface area (Å²) in [6.45, 7) is 1.80. The number of nitrogens with zero attached hydrogens (tertiary/aromatic N) is 2. The maximum atomic E-state index is 11.6. The van der Waals surface area contributed by atoms with Gasteiger partial charge in [0.1, 0.15) is 5.82 Å². The highest BCUT2D eigenvalue weighted by molar-refractivity contribution is 5.24. The van der Waals surface area contributed by atoms with Crippen LogP contribution in [0.25, 0.3) is 0 Å². The molecule has 0 amide bonds. The van der Waals surface area contributed by atoms with Gasteiger partial charge in [0.05, 0.1) is 5.56 Å². The molecule has 0 bridgehead atoms. The van der Waals surface area contributed by atoms with E-state index in [1.807, 2.05) is 12.1 Å². The van der Waals surface area contributed by atoms with Crippen LogP contribution in [0.15, 0.2) is 29.3 Å². The third kappa shape index (κ3) is 2.50. The molecule has 17 heavy (non-hydrogen) atoms. The quantitative estimate of drug-likeness (QED) is 0.826. The minimum atomic E-state index is -0.274. The van der Waals surface area contributed by atoms with Gasteiger partial charge in [0.25, 0.3) is 5.56 Å². The highest BCUT2D eigenvalue weighted by atomic mass is 16.3. The van der Waals surface area contributed by atoms with Crippen molar-refractivity contribution in [3.8, 4) is 5.88 Å². The van der Waals surface area contributed by atoms with E-state index in [0.717, 1.165) is 5.56 Å². The average molecular weight is 231 g/mol. The molecule has 2 heterocycles. The fourth-order valence-corrected chi connectivity index (χ4v) is 1.63. The van der Waals surface area contributed by atoms with Crippen LogP contribution < -0.4 is 5.56 Å². The summed E-state index contributed by atoms with van der Waals surface area (Å²) in [4.78, 5) is 22.2. The maximum absolute atomic E-state index is 11.6. The van der Waals surface area contributed by atoms with Gasteiger partial charge in [-0.05, 0) is 24.1 Å². The molecule has 0 aliphatic heterocycles. The molecular formula is C12H13N3O2. The molecule has 0 aromatic carbocycles. The first-order chi connectivity index (χ1) is 8.20. The molecule has 0 saturated carbocycles. The van der Waals surface area contributed by atoms with E-state index in [1.54, 1.807) is 19.3 Å². The smallest absolute Gasteiger partial charge is 0.257 e. The Morgan fingerprint density at radius 2 is 2.06 bits per heavy atom. The molecule has 0 fully saturated rings. The van der Waals surface area contributed by atoms with Gasteiger partial charge in [0.15, 0.2) is 0 Å². The molecule has 0 unspecified atom stereocenters. The lowest BCUT2D eigenvalue weighted by atomic mass is 10.2. The molecule has 2 aromatic rings. The molecule has 0 aliphatic rings. The minimum Gasteiger partial charge on any atom is -0.493 e. The summed E-state index contributed by atoms with van der Waals surface area (Å²) in [5.41, 5.74) is 1.03. The van der Waals surface area contributed by atoms with Gasteiger partial charge < -0.3 is 10.1 Å². The summed E-state index contributed by atoms with van der Waals surface area (Å²) >= 11 is 0. The Morgan fingerprint density at radius 1 is 1.35 bits per heavy atom. The Balaban J connectivity index is 2.32. The molecule has 0 aliphatic carbocycles. The van der Waals surface area contributed by atoms with Crippen LogP contribution in [0.2, 0.25) is 0 Å². The van der Waals surface area contributed by atoms with Crippen molar-refractivity contribution in [2.45, 2.75) is 19.8 Å². The van der Waals surface area contributed by atoms with Gasteiger partial charge in [-0.3, -0.25) is 9.78 Å². The van der Waals surface area contributed by atoms with Crippen LogP contribution in [0.3, 0.4) is 0 Å². The third-order valence-electron chi connectivity index (χ3n) is 2.52. The standard InChI is InChI=1S/C12H13N3O2/c1-2-9-11(16)14-10(15-12(9)17)7-8-3-5-13-6-4-8/h3-6H,2,7H2,1H3,(H2,14,15,16,17). The fraction of sp³-hybridized carbons (Fsp3) is 0.250. The molecular weight excluding hydrogens is 218 g/mol.